The molecule has 1 aromatic rings. The Balaban J connectivity index is 1.59. The van der Waals surface area contributed by atoms with Crippen molar-refractivity contribution in [3.05, 3.63) is 41.7 Å². The molecule has 1 heteroatoms. The van der Waals surface area contributed by atoms with E-state index in [9.17, 15) is 4.39 Å². The molecule has 0 saturated heterocycles. The summed E-state index contributed by atoms with van der Waals surface area (Å²) < 4.78 is 12.8. The number of hydrogen-bond donors (Lipinski definition) is 0. The van der Waals surface area contributed by atoms with Crippen molar-refractivity contribution in [3.8, 4) is 0 Å². The molecule has 0 aliphatic heterocycles. The molecule has 0 heterocycles. The highest BCUT2D eigenvalue weighted by Gasteiger charge is 2.30. The van der Waals surface area contributed by atoms with Gasteiger partial charge in [-0.25, -0.2) is 4.39 Å². The maximum Gasteiger partial charge on any atom is 0.123 e. The van der Waals surface area contributed by atoms with Gasteiger partial charge in [0.2, 0.25) is 0 Å². The van der Waals surface area contributed by atoms with Gasteiger partial charge in [-0.1, -0.05) is 50.0 Å². The normalized spacial score (nSPS) is 31.3. The fraction of sp³-hybridized carbons (Fsp3) is 0.556. The van der Waals surface area contributed by atoms with Gasteiger partial charge < -0.3 is 0 Å². The van der Waals surface area contributed by atoms with Crippen LogP contribution in [0, 0.1) is 23.6 Å². The van der Waals surface area contributed by atoms with E-state index in [0.717, 1.165) is 23.3 Å². The molecule has 19 heavy (non-hydrogen) atoms. The summed E-state index contributed by atoms with van der Waals surface area (Å²) in [5, 5.41) is 0. The fourth-order valence-electron chi connectivity index (χ4n) is 3.91. The van der Waals surface area contributed by atoms with Crippen molar-refractivity contribution in [2.45, 2.75) is 44.9 Å². The lowest BCUT2D eigenvalue weighted by Crippen LogP contribution is -2.26. The van der Waals surface area contributed by atoms with Crippen molar-refractivity contribution in [2.24, 2.45) is 17.8 Å². The molecule has 2 saturated carbocycles. The predicted octanol–water partition coefficient (Wildman–Crippen LogP) is 5.45. The molecular weight excluding hydrogens is 235 g/mol. The molecule has 2 aliphatic rings. The first-order valence-electron chi connectivity index (χ1n) is 7.75. The van der Waals surface area contributed by atoms with E-state index in [1.165, 1.54) is 57.1 Å². The van der Waals surface area contributed by atoms with Crippen LogP contribution in [-0.4, -0.2) is 0 Å². The molecule has 0 nitrogen and oxygen atoms in total. The van der Waals surface area contributed by atoms with Crippen molar-refractivity contribution < 1.29 is 4.39 Å². The third-order valence-electron chi connectivity index (χ3n) is 5.01. The Bertz CT molecular complexity index is 432. The molecular formula is C18H23F. The number of benzene rings is 1. The molecule has 1 aromatic carbocycles. The molecule has 102 valence electrons. The third-order valence-corrected chi connectivity index (χ3v) is 5.01. The molecule has 0 aromatic heterocycles. The van der Waals surface area contributed by atoms with Crippen LogP contribution in [0.5, 0.6) is 0 Å². The third kappa shape index (κ3) is 3.26. The first kappa shape index (κ1) is 12.9. The lowest BCUT2D eigenvalue weighted by molar-refractivity contribution is 0.147. The zero-order valence-corrected chi connectivity index (χ0v) is 11.5. The van der Waals surface area contributed by atoms with Crippen LogP contribution in [0.2, 0.25) is 0 Å². The van der Waals surface area contributed by atoms with Crippen LogP contribution < -0.4 is 0 Å². The van der Waals surface area contributed by atoms with E-state index in [4.69, 9.17) is 0 Å². The van der Waals surface area contributed by atoms with Gasteiger partial charge in [0.1, 0.15) is 5.82 Å². The summed E-state index contributed by atoms with van der Waals surface area (Å²) in [6, 6.07) is 6.80. The van der Waals surface area contributed by atoms with Gasteiger partial charge in [-0.15, -0.1) is 0 Å². The second kappa shape index (κ2) is 5.90. The molecule has 2 aliphatic carbocycles. The SMILES string of the molecule is Fc1ccc(/C=C/C2CCC3CCCCC3C2)cc1. The Kier molecular flexibility index (Phi) is 4.00. The Morgan fingerprint density at radius 2 is 1.63 bits per heavy atom. The highest BCUT2D eigenvalue weighted by molar-refractivity contribution is 5.49. The minimum absolute atomic E-state index is 0.153. The maximum atomic E-state index is 12.8. The number of rotatable bonds is 2. The van der Waals surface area contributed by atoms with E-state index in [1.54, 1.807) is 0 Å². The minimum atomic E-state index is -0.153. The molecule has 3 atom stereocenters. The maximum absolute atomic E-state index is 12.8. The van der Waals surface area contributed by atoms with Crippen molar-refractivity contribution in [1.29, 1.82) is 0 Å². The number of fused-ring (bicyclic) bond motifs is 1. The minimum Gasteiger partial charge on any atom is -0.207 e. The van der Waals surface area contributed by atoms with Gasteiger partial charge in [0, 0.05) is 0 Å². The van der Waals surface area contributed by atoms with Crippen LogP contribution >= 0.6 is 0 Å². The topological polar surface area (TPSA) is 0 Å². The van der Waals surface area contributed by atoms with E-state index in [2.05, 4.69) is 12.2 Å². The van der Waals surface area contributed by atoms with E-state index < -0.39 is 0 Å². The molecule has 0 amide bonds. The summed E-state index contributed by atoms with van der Waals surface area (Å²) in [5.74, 6) is 2.58. The molecule has 0 radical (unpaired) electrons. The van der Waals surface area contributed by atoms with Gasteiger partial charge in [-0.3, -0.25) is 0 Å². The lowest BCUT2D eigenvalue weighted by Gasteiger charge is -2.38. The lowest BCUT2D eigenvalue weighted by atomic mass is 9.67. The molecule has 0 N–H and O–H groups in total. The second-order valence-electron chi connectivity index (χ2n) is 6.29. The quantitative estimate of drug-likeness (QED) is 0.662. The largest absolute Gasteiger partial charge is 0.207 e. The predicted molar refractivity (Wildman–Crippen MR) is 78.2 cm³/mol. The molecule has 3 rings (SSSR count). The summed E-state index contributed by atoms with van der Waals surface area (Å²) >= 11 is 0. The first-order chi connectivity index (χ1) is 9.31. The average Bonchev–Trinajstić information content (AvgIpc) is 2.46. The van der Waals surface area contributed by atoms with E-state index in [-0.39, 0.29) is 5.82 Å². The summed E-state index contributed by atoms with van der Waals surface area (Å²) in [6.07, 6.45) is 14.5. The second-order valence-corrected chi connectivity index (χ2v) is 6.29. The van der Waals surface area contributed by atoms with Crippen LogP contribution in [-0.2, 0) is 0 Å². The molecule has 2 fully saturated rings. The molecule has 0 bridgehead atoms. The van der Waals surface area contributed by atoms with Gasteiger partial charge in [0.05, 0.1) is 0 Å². The number of allylic oxidation sites excluding steroid dienone is 1. The van der Waals surface area contributed by atoms with Gasteiger partial charge in [0.15, 0.2) is 0 Å². The van der Waals surface area contributed by atoms with Crippen molar-refractivity contribution in [2.75, 3.05) is 0 Å². The monoisotopic (exact) mass is 258 g/mol. The van der Waals surface area contributed by atoms with Gasteiger partial charge in [-0.2, -0.15) is 0 Å². The fourth-order valence-corrected chi connectivity index (χ4v) is 3.91. The zero-order chi connectivity index (χ0) is 13.1. The van der Waals surface area contributed by atoms with E-state index in [1.807, 2.05) is 12.1 Å². The highest BCUT2D eigenvalue weighted by Crippen LogP contribution is 2.43. The van der Waals surface area contributed by atoms with Crippen LogP contribution in [0.25, 0.3) is 6.08 Å². The summed E-state index contributed by atoms with van der Waals surface area (Å²) in [5.41, 5.74) is 1.12. The molecule has 0 spiro atoms. The van der Waals surface area contributed by atoms with E-state index >= 15 is 0 Å². The van der Waals surface area contributed by atoms with Crippen molar-refractivity contribution in [3.63, 3.8) is 0 Å². The van der Waals surface area contributed by atoms with Gasteiger partial charge in [-0.05, 0) is 54.7 Å². The molecule has 3 unspecified atom stereocenters. The first-order valence-corrected chi connectivity index (χ1v) is 7.75. The van der Waals surface area contributed by atoms with Crippen LogP contribution in [0.4, 0.5) is 4.39 Å². The number of hydrogen-bond acceptors (Lipinski definition) is 0. The summed E-state index contributed by atoms with van der Waals surface area (Å²) in [6.45, 7) is 0. The smallest absolute Gasteiger partial charge is 0.123 e. The average molecular weight is 258 g/mol. The van der Waals surface area contributed by atoms with Gasteiger partial charge in [0.25, 0.3) is 0 Å². The Hall–Kier alpha value is -1.11. The zero-order valence-electron chi connectivity index (χ0n) is 11.5. The van der Waals surface area contributed by atoms with Crippen LogP contribution in [0.3, 0.4) is 0 Å². The van der Waals surface area contributed by atoms with Gasteiger partial charge >= 0.3 is 0 Å². The summed E-state index contributed by atoms with van der Waals surface area (Å²) in [4.78, 5) is 0. The van der Waals surface area contributed by atoms with Crippen molar-refractivity contribution >= 4 is 6.08 Å². The summed E-state index contributed by atoms with van der Waals surface area (Å²) in [7, 11) is 0. The Morgan fingerprint density at radius 3 is 2.42 bits per heavy atom. The van der Waals surface area contributed by atoms with Crippen LogP contribution in [0.15, 0.2) is 30.3 Å². The Labute approximate surface area is 115 Å². The van der Waals surface area contributed by atoms with Crippen LogP contribution in [0.1, 0.15) is 50.5 Å². The number of halogens is 1. The van der Waals surface area contributed by atoms with Crippen molar-refractivity contribution in [1.82, 2.24) is 0 Å². The Morgan fingerprint density at radius 1 is 0.895 bits per heavy atom. The van der Waals surface area contributed by atoms with E-state index in [0.29, 0.717) is 0 Å². The standard InChI is InChI=1S/C18H23F/c19-18-11-8-14(9-12-18)5-6-15-7-10-16-3-1-2-4-17(16)13-15/h5-6,8-9,11-12,15-17H,1-4,7,10,13H2/b6-5+. The highest BCUT2D eigenvalue weighted by atomic mass is 19.1.